The molecule has 2 aromatic carbocycles. The van der Waals surface area contributed by atoms with Crippen LogP contribution in [0, 0.1) is 17.6 Å². The third-order valence-electron chi connectivity index (χ3n) is 7.28. The van der Waals surface area contributed by atoms with Crippen molar-refractivity contribution in [2.45, 2.75) is 13.1 Å². The largest absolute Gasteiger partial charge is 0.331 e. The summed E-state index contributed by atoms with van der Waals surface area (Å²) in [6.45, 7) is 0.981. The number of halogens is 3. The zero-order chi connectivity index (χ0) is 30.4. The average Bonchev–Trinajstić information content (AvgIpc) is 3.61. The number of carbonyl (C=O) groups is 2. The maximum absolute atomic E-state index is 13.8. The summed E-state index contributed by atoms with van der Waals surface area (Å²) in [5.74, 6) is -2.22. The quantitative estimate of drug-likeness (QED) is 0.282. The SMILES string of the molecule is O=C(Nc1cn2nc(-c3c(-c4ccc(F)cc4)nn4c3CN(C(=O)c3ccc(F)cc3)CC4)ccc2n1)c1ccnc(F)c1. The predicted molar refractivity (Wildman–Crippen MR) is 153 cm³/mol. The van der Waals surface area contributed by atoms with Gasteiger partial charge in [-0.25, -0.2) is 23.3 Å². The molecule has 7 rings (SSSR count). The van der Waals surface area contributed by atoms with Crippen molar-refractivity contribution in [3.8, 4) is 22.5 Å². The minimum absolute atomic E-state index is 0.0818. The monoisotopic (exact) mass is 594 g/mol. The number of nitrogens with one attached hydrogen (secondary N) is 1. The first-order valence-corrected chi connectivity index (χ1v) is 13.5. The molecule has 4 aromatic heterocycles. The molecule has 5 heterocycles. The van der Waals surface area contributed by atoms with Gasteiger partial charge in [-0.1, -0.05) is 0 Å². The van der Waals surface area contributed by atoms with Gasteiger partial charge in [-0.2, -0.15) is 14.6 Å². The van der Waals surface area contributed by atoms with E-state index >= 15 is 0 Å². The summed E-state index contributed by atoms with van der Waals surface area (Å²) < 4.78 is 44.1. The molecule has 0 spiro atoms. The van der Waals surface area contributed by atoms with Crippen LogP contribution >= 0.6 is 0 Å². The smallest absolute Gasteiger partial charge is 0.257 e. The molecular formula is C31H21F3N8O2. The second kappa shape index (κ2) is 10.8. The Bertz CT molecular complexity index is 2060. The lowest BCUT2D eigenvalue weighted by atomic mass is 10.0. The lowest BCUT2D eigenvalue weighted by Gasteiger charge is -2.28. The second-order valence-electron chi connectivity index (χ2n) is 10.1. The van der Waals surface area contributed by atoms with E-state index < -0.39 is 23.5 Å². The summed E-state index contributed by atoms with van der Waals surface area (Å²) >= 11 is 0. The molecule has 2 amide bonds. The zero-order valence-electron chi connectivity index (χ0n) is 22.8. The minimum atomic E-state index is -0.779. The van der Waals surface area contributed by atoms with Gasteiger partial charge in [0.25, 0.3) is 11.8 Å². The van der Waals surface area contributed by atoms with E-state index in [4.69, 9.17) is 10.2 Å². The van der Waals surface area contributed by atoms with E-state index in [1.54, 1.807) is 29.2 Å². The number of nitrogens with zero attached hydrogens (tertiary/aromatic N) is 7. The van der Waals surface area contributed by atoms with Gasteiger partial charge in [-0.15, -0.1) is 0 Å². The fraction of sp³-hybridized carbons (Fsp3) is 0.0968. The molecule has 6 aromatic rings. The molecule has 0 radical (unpaired) electrons. The Balaban J connectivity index is 1.26. The number of anilines is 1. The summed E-state index contributed by atoms with van der Waals surface area (Å²) in [7, 11) is 0. The van der Waals surface area contributed by atoms with Gasteiger partial charge < -0.3 is 10.2 Å². The second-order valence-corrected chi connectivity index (χ2v) is 10.1. The van der Waals surface area contributed by atoms with Gasteiger partial charge in [0.2, 0.25) is 5.95 Å². The molecule has 1 N–H and O–H groups in total. The van der Waals surface area contributed by atoms with Crippen molar-refractivity contribution in [1.29, 1.82) is 0 Å². The number of aromatic nitrogens is 6. The van der Waals surface area contributed by atoms with Crippen LogP contribution in [0.3, 0.4) is 0 Å². The highest BCUT2D eigenvalue weighted by Crippen LogP contribution is 2.36. The van der Waals surface area contributed by atoms with Crippen LogP contribution in [-0.4, -0.2) is 52.6 Å². The molecule has 44 heavy (non-hydrogen) atoms. The number of imidazole rings is 1. The molecule has 0 fully saturated rings. The van der Waals surface area contributed by atoms with Crippen LogP contribution < -0.4 is 5.32 Å². The number of pyridine rings is 1. The van der Waals surface area contributed by atoms with Crippen molar-refractivity contribution >= 4 is 23.3 Å². The van der Waals surface area contributed by atoms with Gasteiger partial charge in [0.1, 0.15) is 17.3 Å². The maximum atomic E-state index is 13.8. The Labute approximate surface area is 247 Å². The molecule has 0 saturated heterocycles. The topological polar surface area (TPSA) is 110 Å². The fourth-order valence-corrected chi connectivity index (χ4v) is 5.15. The highest BCUT2D eigenvalue weighted by molar-refractivity contribution is 6.03. The standard InChI is InChI=1S/C31H21F3N8O2/c32-21-5-1-18(2-6-21)29-28(24-16-40(13-14-41(24)39-29)31(44)19-3-7-22(33)8-4-19)23-9-10-27-36-26(17-42(27)38-23)37-30(43)20-11-12-35-25(34)15-20/h1-12,15,17H,13-14,16H2,(H,37,43). The lowest BCUT2D eigenvalue weighted by Crippen LogP contribution is -2.38. The first-order valence-electron chi connectivity index (χ1n) is 13.5. The van der Waals surface area contributed by atoms with Crippen molar-refractivity contribution in [3.05, 3.63) is 120 Å². The predicted octanol–water partition coefficient (Wildman–Crippen LogP) is 4.98. The normalized spacial score (nSPS) is 12.8. The van der Waals surface area contributed by atoms with E-state index in [1.165, 1.54) is 59.4 Å². The molecule has 13 heteroatoms. The van der Waals surface area contributed by atoms with E-state index in [-0.39, 0.29) is 23.8 Å². The Morgan fingerprint density at radius 1 is 0.818 bits per heavy atom. The van der Waals surface area contributed by atoms with E-state index in [0.717, 1.165) is 6.07 Å². The van der Waals surface area contributed by atoms with E-state index in [2.05, 4.69) is 15.3 Å². The number of fused-ring (bicyclic) bond motifs is 2. The van der Waals surface area contributed by atoms with E-state index in [1.807, 2.05) is 4.68 Å². The van der Waals surface area contributed by atoms with Gasteiger partial charge in [-0.05, 0) is 66.7 Å². The van der Waals surface area contributed by atoms with Gasteiger partial charge in [0.15, 0.2) is 11.5 Å². The van der Waals surface area contributed by atoms with Crippen molar-refractivity contribution in [1.82, 2.24) is 34.3 Å². The highest BCUT2D eigenvalue weighted by Gasteiger charge is 2.29. The first kappa shape index (κ1) is 27.0. The van der Waals surface area contributed by atoms with Gasteiger partial charge in [0.05, 0.1) is 36.2 Å². The molecular weight excluding hydrogens is 573 g/mol. The third kappa shape index (κ3) is 5.04. The molecule has 0 aliphatic carbocycles. The number of rotatable bonds is 5. The Kier molecular flexibility index (Phi) is 6.61. The number of hydrogen-bond acceptors (Lipinski definition) is 6. The summed E-state index contributed by atoms with van der Waals surface area (Å²) in [5.41, 5.74) is 3.94. The van der Waals surface area contributed by atoms with Crippen LogP contribution in [0.2, 0.25) is 0 Å². The Morgan fingerprint density at radius 3 is 2.32 bits per heavy atom. The number of hydrogen-bond donors (Lipinski definition) is 1. The first-order chi connectivity index (χ1) is 21.3. The van der Waals surface area contributed by atoms with Crippen molar-refractivity contribution in [2.24, 2.45) is 0 Å². The fourth-order valence-electron chi connectivity index (χ4n) is 5.15. The molecule has 1 aliphatic heterocycles. The number of amides is 2. The molecule has 0 bridgehead atoms. The maximum Gasteiger partial charge on any atom is 0.257 e. The van der Waals surface area contributed by atoms with Gasteiger partial charge >= 0.3 is 0 Å². The Hall–Kier alpha value is -5.85. The van der Waals surface area contributed by atoms with E-state index in [9.17, 15) is 22.8 Å². The van der Waals surface area contributed by atoms with Crippen LogP contribution in [0.5, 0.6) is 0 Å². The summed E-state index contributed by atoms with van der Waals surface area (Å²) in [4.78, 5) is 35.4. The molecule has 0 atom stereocenters. The molecule has 10 nitrogen and oxygen atoms in total. The Morgan fingerprint density at radius 2 is 1.57 bits per heavy atom. The number of carbonyl (C=O) groups excluding carboxylic acids is 2. The number of benzene rings is 2. The van der Waals surface area contributed by atoms with Crippen molar-refractivity contribution < 1.29 is 22.8 Å². The van der Waals surface area contributed by atoms with Crippen molar-refractivity contribution in [3.63, 3.8) is 0 Å². The van der Waals surface area contributed by atoms with Crippen LogP contribution in [0.25, 0.3) is 28.2 Å². The van der Waals surface area contributed by atoms with Gasteiger partial charge in [-0.3, -0.25) is 14.3 Å². The lowest BCUT2D eigenvalue weighted by molar-refractivity contribution is 0.0706. The summed E-state index contributed by atoms with van der Waals surface area (Å²) in [6.07, 6.45) is 2.72. The highest BCUT2D eigenvalue weighted by atomic mass is 19.1. The zero-order valence-corrected chi connectivity index (χ0v) is 22.8. The molecule has 0 saturated carbocycles. The van der Waals surface area contributed by atoms with Crippen molar-refractivity contribution in [2.75, 3.05) is 11.9 Å². The van der Waals surface area contributed by atoms with Crippen LogP contribution in [0.4, 0.5) is 19.0 Å². The summed E-state index contributed by atoms with van der Waals surface area (Å²) in [5, 5.41) is 12.2. The van der Waals surface area contributed by atoms with Crippen LogP contribution in [0.1, 0.15) is 26.4 Å². The molecule has 218 valence electrons. The molecule has 0 unspecified atom stereocenters. The van der Waals surface area contributed by atoms with E-state index in [0.29, 0.717) is 52.5 Å². The minimum Gasteiger partial charge on any atom is -0.331 e. The van der Waals surface area contributed by atoms with Crippen LogP contribution in [-0.2, 0) is 13.1 Å². The summed E-state index contributed by atoms with van der Waals surface area (Å²) in [6, 6.07) is 17.2. The third-order valence-corrected chi connectivity index (χ3v) is 7.28. The van der Waals surface area contributed by atoms with Gasteiger partial charge in [0, 0.05) is 35.5 Å². The molecule has 1 aliphatic rings. The average molecular weight is 595 g/mol. The van der Waals surface area contributed by atoms with Crippen LogP contribution in [0.15, 0.2) is 85.2 Å².